The van der Waals surface area contributed by atoms with Crippen molar-refractivity contribution in [3.63, 3.8) is 0 Å². The summed E-state index contributed by atoms with van der Waals surface area (Å²) in [5, 5.41) is 11.7. The van der Waals surface area contributed by atoms with Gasteiger partial charge in [-0.05, 0) is 62.6 Å². The van der Waals surface area contributed by atoms with E-state index in [2.05, 4.69) is 16.3 Å². The molecule has 0 aliphatic carbocycles. The van der Waals surface area contributed by atoms with Crippen LogP contribution in [-0.4, -0.2) is 67.7 Å². The molecule has 2 heterocycles. The van der Waals surface area contributed by atoms with Gasteiger partial charge in [0.25, 0.3) is 0 Å². The monoisotopic (exact) mass is 565 g/mol. The Morgan fingerprint density at radius 1 is 1.34 bits per heavy atom. The van der Waals surface area contributed by atoms with Gasteiger partial charge in [-0.3, -0.25) is 4.90 Å². The number of aliphatic hydroxyl groups is 1. The van der Waals surface area contributed by atoms with E-state index in [-0.39, 0.29) is 31.9 Å². The van der Waals surface area contributed by atoms with Crippen molar-refractivity contribution in [2.24, 2.45) is 0 Å². The van der Waals surface area contributed by atoms with E-state index in [1.165, 1.54) is 6.92 Å². The number of nitrogens with zero attached hydrogens (tertiary/aromatic N) is 1. The van der Waals surface area contributed by atoms with Crippen molar-refractivity contribution in [2.45, 2.75) is 45.8 Å². The molecule has 1 aliphatic heterocycles. The molecule has 2 atom stereocenters. The number of ether oxygens (including phenoxy) is 2. The summed E-state index contributed by atoms with van der Waals surface area (Å²) < 4.78 is 36.5. The number of fused-ring (bicyclic) bond motifs is 3. The van der Waals surface area contributed by atoms with E-state index in [1.807, 2.05) is 24.3 Å². The van der Waals surface area contributed by atoms with Crippen molar-refractivity contribution in [3.05, 3.63) is 70.6 Å². The van der Waals surface area contributed by atoms with Gasteiger partial charge in [-0.25, -0.2) is 17.9 Å². The molecule has 3 N–H and O–H groups in total. The first-order chi connectivity index (χ1) is 18.1. The van der Waals surface area contributed by atoms with Gasteiger partial charge in [0, 0.05) is 41.1 Å². The van der Waals surface area contributed by atoms with Gasteiger partial charge in [0.1, 0.15) is 6.04 Å². The van der Waals surface area contributed by atoms with Crippen LogP contribution in [0.2, 0.25) is 5.02 Å². The lowest BCUT2D eigenvalue weighted by molar-refractivity contribution is 0.0931. The van der Waals surface area contributed by atoms with Gasteiger partial charge in [0.15, 0.2) is 0 Å². The summed E-state index contributed by atoms with van der Waals surface area (Å²) in [6.07, 6.45) is 4.98. The van der Waals surface area contributed by atoms with Crippen molar-refractivity contribution in [2.75, 3.05) is 32.1 Å². The molecule has 3 rings (SSSR count). The number of hydrogen-bond donors (Lipinski definition) is 3. The van der Waals surface area contributed by atoms with Crippen molar-refractivity contribution >= 4 is 38.6 Å². The van der Waals surface area contributed by atoms with Crippen LogP contribution in [0.4, 0.5) is 4.79 Å². The zero-order chi connectivity index (χ0) is 27.9. The van der Waals surface area contributed by atoms with Crippen LogP contribution in [0.1, 0.15) is 44.5 Å². The first kappa shape index (κ1) is 29.8. The normalized spacial score (nSPS) is 17.3. The van der Waals surface area contributed by atoms with Gasteiger partial charge >= 0.3 is 6.09 Å². The number of carbonyl (C=O) groups excluding carboxylic acids is 1. The Labute approximate surface area is 229 Å². The molecule has 208 valence electrons. The number of hydrogen-bond acceptors (Lipinski definition) is 6. The molecule has 0 saturated heterocycles. The van der Waals surface area contributed by atoms with Crippen LogP contribution in [-0.2, 0) is 25.9 Å². The Hall–Kier alpha value is -2.79. The Bertz CT molecular complexity index is 1320. The summed E-state index contributed by atoms with van der Waals surface area (Å²) in [6, 6.07) is 5.24. The van der Waals surface area contributed by atoms with Crippen molar-refractivity contribution < 1.29 is 27.8 Å². The average molecular weight is 566 g/mol. The number of nitrogens with one attached hydrogen (secondary N) is 2. The summed E-state index contributed by atoms with van der Waals surface area (Å²) >= 11 is 6.26. The summed E-state index contributed by atoms with van der Waals surface area (Å²) in [6.45, 7) is 9.96. The van der Waals surface area contributed by atoms with Crippen molar-refractivity contribution in [1.29, 1.82) is 0 Å². The van der Waals surface area contributed by atoms with Crippen molar-refractivity contribution in [1.82, 2.24) is 14.6 Å². The lowest BCUT2D eigenvalue weighted by atomic mass is 9.92. The molecular formula is C27H36ClN3O6S. The number of H-pyrrole nitrogens is 1. The number of rotatable bonds is 12. The number of aromatic nitrogens is 1. The number of aliphatic hydroxyl groups excluding tert-OH is 1. The number of amides is 1. The first-order valence-corrected chi connectivity index (χ1v) is 14.7. The first-order valence-electron chi connectivity index (χ1n) is 12.6. The summed E-state index contributed by atoms with van der Waals surface area (Å²) in [4.78, 5) is 18.0. The van der Waals surface area contributed by atoms with Crippen LogP contribution in [0.3, 0.4) is 0 Å². The third-order valence-electron chi connectivity index (χ3n) is 6.35. The number of allylic oxidation sites excluding steroid dienone is 3. The molecule has 1 unspecified atom stereocenters. The van der Waals surface area contributed by atoms with Crippen LogP contribution >= 0.6 is 11.6 Å². The fraction of sp³-hybridized carbons (Fsp3) is 0.444. The second-order valence-corrected chi connectivity index (χ2v) is 11.5. The number of carbonyl (C=O) groups is 1. The minimum Gasteiger partial charge on any atom is -0.498 e. The van der Waals surface area contributed by atoms with Crippen molar-refractivity contribution in [3.8, 4) is 0 Å². The van der Waals surface area contributed by atoms with Crippen LogP contribution in [0.25, 0.3) is 10.9 Å². The van der Waals surface area contributed by atoms with Gasteiger partial charge in [-0.2, -0.15) is 0 Å². The molecule has 11 heteroatoms. The molecule has 0 spiro atoms. The molecule has 0 radical (unpaired) electrons. The van der Waals surface area contributed by atoms with Gasteiger partial charge in [0.05, 0.1) is 30.8 Å². The lowest BCUT2D eigenvalue weighted by Gasteiger charge is -2.35. The third-order valence-corrected chi connectivity index (χ3v) is 7.95. The average Bonchev–Trinajstić information content (AvgIpc) is 3.26. The maximum atomic E-state index is 12.9. The minimum absolute atomic E-state index is 0.0433. The highest BCUT2D eigenvalue weighted by Gasteiger charge is 2.35. The molecule has 2 aromatic rings. The summed E-state index contributed by atoms with van der Waals surface area (Å²) in [5.74, 6) is 0.547. The molecule has 1 aromatic carbocycles. The highest BCUT2D eigenvalue weighted by Crippen LogP contribution is 2.40. The quantitative estimate of drug-likeness (QED) is 0.255. The Morgan fingerprint density at radius 2 is 2.11 bits per heavy atom. The topological polar surface area (TPSA) is 121 Å². The number of sulfonamides is 1. The molecule has 1 aliphatic rings. The largest absolute Gasteiger partial charge is 0.498 e. The second kappa shape index (κ2) is 13.3. The lowest BCUT2D eigenvalue weighted by Crippen LogP contribution is -2.41. The molecule has 0 bridgehead atoms. The summed E-state index contributed by atoms with van der Waals surface area (Å²) in [5.41, 5.74) is 3.70. The van der Waals surface area contributed by atoms with Crippen LogP contribution in [0.15, 0.2) is 54.3 Å². The van der Waals surface area contributed by atoms with E-state index in [0.717, 1.165) is 27.7 Å². The molecule has 1 aromatic heterocycles. The maximum absolute atomic E-state index is 12.9. The number of halogens is 1. The smallest absolute Gasteiger partial charge is 0.410 e. The van der Waals surface area contributed by atoms with Gasteiger partial charge < -0.3 is 19.6 Å². The predicted molar refractivity (Wildman–Crippen MR) is 150 cm³/mol. The molecule has 0 fully saturated rings. The van der Waals surface area contributed by atoms with Gasteiger partial charge in [0.2, 0.25) is 10.0 Å². The molecule has 1 amide bonds. The van der Waals surface area contributed by atoms with E-state index in [1.54, 1.807) is 30.9 Å². The Balaban J connectivity index is 1.79. The number of aromatic amines is 1. The predicted octanol–water partition coefficient (Wildman–Crippen LogP) is 4.60. The molecule has 9 nitrogen and oxygen atoms in total. The SMILES string of the molecule is C=C/C(=C\C=C(/C)OCCC(O)CNS(=O)(=O)CC)[C@H]1c2[nH]c3ccc(Cl)cc3c2CCN1C(=O)OCC. The van der Waals surface area contributed by atoms with Crippen LogP contribution in [0, 0.1) is 0 Å². The minimum atomic E-state index is -3.36. The molecule has 0 saturated carbocycles. The van der Waals surface area contributed by atoms with E-state index < -0.39 is 28.3 Å². The summed E-state index contributed by atoms with van der Waals surface area (Å²) in [7, 11) is -3.36. The van der Waals surface area contributed by atoms with E-state index in [9.17, 15) is 18.3 Å². The zero-order valence-electron chi connectivity index (χ0n) is 22.0. The van der Waals surface area contributed by atoms with Crippen LogP contribution in [0.5, 0.6) is 0 Å². The van der Waals surface area contributed by atoms with Gasteiger partial charge in [-0.15, -0.1) is 0 Å². The number of benzene rings is 1. The maximum Gasteiger partial charge on any atom is 0.410 e. The van der Waals surface area contributed by atoms with E-state index in [0.29, 0.717) is 23.7 Å². The van der Waals surface area contributed by atoms with Gasteiger partial charge in [-0.1, -0.05) is 30.3 Å². The fourth-order valence-corrected chi connectivity index (χ4v) is 5.15. The van der Waals surface area contributed by atoms with E-state index in [4.69, 9.17) is 21.1 Å². The Morgan fingerprint density at radius 3 is 2.79 bits per heavy atom. The van der Waals surface area contributed by atoms with E-state index >= 15 is 0 Å². The molecule has 38 heavy (non-hydrogen) atoms. The molecular weight excluding hydrogens is 530 g/mol. The second-order valence-electron chi connectivity index (χ2n) is 8.94. The fourth-order valence-electron chi connectivity index (χ4n) is 4.33. The third kappa shape index (κ3) is 7.41. The Kier molecular flexibility index (Phi) is 10.4. The highest BCUT2D eigenvalue weighted by molar-refractivity contribution is 7.89. The zero-order valence-corrected chi connectivity index (χ0v) is 23.6. The highest BCUT2D eigenvalue weighted by atomic mass is 35.5. The van der Waals surface area contributed by atoms with Crippen LogP contribution < -0.4 is 4.72 Å². The standard InChI is InChI=1S/C27H36ClN3O6S/c1-5-19(9-8-18(4)37-15-13-21(32)17-29-38(34,35)7-3)26-25-22(12-14-31(26)27(33)36-6-2)23-16-20(28)10-11-24(23)30-25/h5,8-11,16,21,26,29-30,32H,1,6-7,12-15,17H2,2-4H3/b18-8+,19-9+/t21?,26-/m0/s1.